The second-order valence-corrected chi connectivity index (χ2v) is 8.47. The van der Waals surface area contributed by atoms with E-state index in [1.165, 1.54) is 6.92 Å². The van der Waals surface area contributed by atoms with Gasteiger partial charge in [-0.1, -0.05) is 23.7 Å². The molecule has 7 nitrogen and oxygen atoms in total. The van der Waals surface area contributed by atoms with E-state index in [9.17, 15) is 14.4 Å². The van der Waals surface area contributed by atoms with Gasteiger partial charge >= 0.3 is 0 Å². The van der Waals surface area contributed by atoms with Gasteiger partial charge in [0.1, 0.15) is 0 Å². The van der Waals surface area contributed by atoms with Crippen molar-refractivity contribution in [3.8, 4) is 0 Å². The highest BCUT2D eigenvalue weighted by Crippen LogP contribution is 2.22. The first kappa shape index (κ1) is 23.2. The van der Waals surface area contributed by atoms with Crippen LogP contribution < -0.4 is 5.32 Å². The molecule has 0 radical (unpaired) electrons. The molecule has 1 aliphatic rings. The summed E-state index contributed by atoms with van der Waals surface area (Å²) in [5.41, 5.74) is 3.17. The summed E-state index contributed by atoms with van der Waals surface area (Å²) in [5, 5.41) is 3.35. The van der Waals surface area contributed by atoms with Crippen LogP contribution >= 0.6 is 11.6 Å². The maximum Gasteiger partial charge on any atom is 0.238 e. The van der Waals surface area contributed by atoms with E-state index in [1.54, 1.807) is 12.1 Å². The molecule has 1 unspecified atom stereocenters. The SMILES string of the molecule is CC(=O)c1c(C)[nH]c(C(=O)C(C)N2CCN(CC(=O)Nc3ccccc3Cl)CC2)c1C. The van der Waals surface area contributed by atoms with E-state index in [0.717, 1.165) is 11.3 Å². The lowest BCUT2D eigenvalue weighted by molar-refractivity contribution is -0.117. The number of aromatic nitrogens is 1. The molecule has 31 heavy (non-hydrogen) atoms. The van der Waals surface area contributed by atoms with E-state index in [-0.39, 0.29) is 30.1 Å². The number of nitrogens with zero attached hydrogens (tertiary/aromatic N) is 2. The maximum atomic E-state index is 13.1. The smallest absolute Gasteiger partial charge is 0.238 e. The normalized spacial score (nSPS) is 16.2. The fraction of sp³-hybridized carbons (Fsp3) is 0.435. The third-order valence-electron chi connectivity index (χ3n) is 5.89. The van der Waals surface area contributed by atoms with Gasteiger partial charge in [0.15, 0.2) is 11.6 Å². The number of carbonyl (C=O) groups excluding carboxylic acids is 3. The van der Waals surface area contributed by atoms with Crippen LogP contribution in [-0.4, -0.2) is 71.0 Å². The monoisotopic (exact) mass is 444 g/mol. The number of halogens is 1. The molecular formula is C23H29ClN4O3. The number of rotatable bonds is 7. The zero-order valence-electron chi connectivity index (χ0n) is 18.4. The van der Waals surface area contributed by atoms with Gasteiger partial charge < -0.3 is 10.3 Å². The van der Waals surface area contributed by atoms with Gasteiger partial charge in [0.25, 0.3) is 0 Å². The molecule has 3 rings (SSSR count). The van der Waals surface area contributed by atoms with E-state index in [4.69, 9.17) is 11.6 Å². The van der Waals surface area contributed by atoms with E-state index in [2.05, 4.69) is 20.1 Å². The van der Waals surface area contributed by atoms with Crippen molar-refractivity contribution < 1.29 is 14.4 Å². The summed E-state index contributed by atoms with van der Waals surface area (Å²) in [4.78, 5) is 44.6. The lowest BCUT2D eigenvalue weighted by Gasteiger charge is -2.37. The molecule has 1 aliphatic heterocycles. The standard InChI is InChI=1S/C23H29ClN4O3/c1-14-21(17(4)29)15(2)25-22(14)23(31)16(3)28-11-9-27(10-12-28)13-20(30)26-19-8-6-5-7-18(19)24/h5-8,16,25H,9-13H2,1-4H3,(H,26,30). The van der Waals surface area contributed by atoms with Gasteiger partial charge in [0.2, 0.25) is 5.91 Å². The maximum absolute atomic E-state index is 13.1. The van der Waals surface area contributed by atoms with Crippen molar-refractivity contribution >= 4 is 34.8 Å². The van der Waals surface area contributed by atoms with Crippen LogP contribution in [0.4, 0.5) is 5.69 Å². The van der Waals surface area contributed by atoms with Crippen LogP contribution in [0.15, 0.2) is 24.3 Å². The summed E-state index contributed by atoms with van der Waals surface area (Å²) in [5.74, 6) is -0.167. The number of piperazine rings is 1. The predicted molar refractivity (Wildman–Crippen MR) is 122 cm³/mol. The Morgan fingerprint density at radius 2 is 1.77 bits per heavy atom. The second kappa shape index (κ2) is 9.77. The molecule has 166 valence electrons. The summed E-state index contributed by atoms with van der Waals surface area (Å²) in [7, 11) is 0. The molecule has 1 aromatic carbocycles. The van der Waals surface area contributed by atoms with Crippen LogP contribution in [0.1, 0.15) is 46.0 Å². The molecular weight excluding hydrogens is 416 g/mol. The first-order chi connectivity index (χ1) is 14.7. The lowest BCUT2D eigenvalue weighted by atomic mass is 10.0. The number of para-hydroxylation sites is 1. The number of H-pyrrole nitrogens is 1. The van der Waals surface area contributed by atoms with Crippen LogP contribution in [0.3, 0.4) is 0 Å². The Kier molecular flexibility index (Phi) is 7.30. The molecule has 0 bridgehead atoms. The van der Waals surface area contributed by atoms with Crippen molar-refractivity contribution in [1.29, 1.82) is 0 Å². The van der Waals surface area contributed by atoms with E-state index in [0.29, 0.717) is 48.1 Å². The predicted octanol–water partition coefficient (Wildman–Crippen LogP) is 3.32. The molecule has 1 saturated heterocycles. The van der Waals surface area contributed by atoms with Crippen molar-refractivity contribution in [2.75, 3.05) is 38.0 Å². The summed E-state index contributed by atoms with van der Waals surface area (Å²) in [6.45, 7) is 10.1. The zero-order chi connectivity index (χ0) is 22.7. The highest BCUT2D eigenvalue weighted by Gasteiger charge is 2.30. The van der Waals surface area contributed by atoms with Gasteiger partial charge in [-0.05, 0) is 45.4 Å². The Hall–Kier alpha value is -2.48. The van der Waals surface area contributed by atoms with Crippen molar-refractivity contribution in [2.24, 2.45) is 0 Å². The van der Waals surface area contributed by atoms with Crippen LogP contribution in [0.2, 0.25) is 5.02 Å². The molecule has 2 N–H and O–H groups in total. The number of hydrogen-bond donors (Lipinski definition) is 2. The molecule has 1 amide bonds. The van der Waals surface area contributed by atoms with Crippen LogP contribution in [0, 0.1) is 13.8 Å². The number of hydrogen-bond acceptors (Lipinski definition) is 5. The molecule has 0 spiro atoms. The topological polar surface area (TPSA) is 85.5 Å². The molecule has 0 saturated carbocycles. The summed E-state index contributed by atoms with van der Waals surface area (Å²) < 4.78 is 0. The minimum Gasteiger partial charge on any atom is -0.355 e. The van der Waals surface area contributed by atoms with Gasteiger partial charge in [-0.3, -0.25) is 24.2 Å². The number of nitrogens with one attached hydrogen (secondary N) is 2. The largest absolute Gasteiger partial charge is 0.355 e. The number of carbonyl (C=O) groups is 3. The van der Waals surface area contributed by atoms with Crippen molar-refractivity contribution in [1.82, 2.24) is 14.8 Å². The van der Waals surface area contributed by atoms with Crippen LogP contribution in [0.25, 0.3) is 0 Å². The molecule has 1 aromatic heterocycles. The van der Waals surface area contributed by atoms with E-state index >= 15 is 0 Å². The fourth-order valence-electron chi connectivity index (χ4n) is 4.16. The Bertz CT molecular complexity index is 993. The van der Waals surface area contributed by atoms with Gasteiger partial charge in [-0.25, -0.2) is 0 Å². The van der Waals surface area contributed by atoms with Gasteiger partial charge in [0.05, 0.1) is 29.0 Å². The minimum absolute atomic E-state index is 0.0157. The Labute approximate surface area is 187 Å². The Balaban J connectivity index is 1.55. The molecule has 1 fully saturated rings. The number of amides is 1. The molecule has 2 aromatic rings. The molecule has 2 heterocycles. The first-order valence-electron chi connectivity index (χ1n) is 10.4. The Morgan fingerprint density at radius 1 is 1.13 bits per heavy atom. The number of Topliss-reactive ketones (excluding diaryl/α,β-unsaturated/α-hetero) is 2. The number of ketones is 2. The highest BCUT2D eigenvalue weighted by atomic mass is 35.5. The quantitative estimate of drug-likeness (QED) is 0.640. The van der Waals surface area contributed by atoms with Crippen LogP contribution in [-0.2, 0) is 4.79 Å². The molecule has 1 atom stereocenters. The van der Waals surface area contributed by atoms with E-state index < -0.39 is 0 Å². The molecule has 0 aliphatic carbocycles. The molecule has 8 heteroatoms. The number of aromatic amines is 1. The third-order valence-corrected chi connectivity index (χ3v) is 6.21. The number of benzene rings is 1. The fourth-order valence-corrected chi connectivity index (χ4v) is 4.35. The van der Waals surface area contributed by atoms with Crippen molar-refractivity contribution in [3.63, 3.8) is 0 Å². The van der Waals surface area contributed by atoms with Gasteiger partial charge in [0, 0.05) is 37.4 Å². The highest BCUT2D eigenvalue weighted by molar-refractivity contribution is 6.33. The second-order valence-electron chi connectivity index (χ2n) is 8.06. The number of anilines is 1. The average molecular weight is 445 g/mol. The van der Waals surface area contributed by atoms with Crippen molar-refractivity contribution in [2.45, 2.75) is 33.7 Å². The number of aryl methyl sites for hydroxylation is 1. The Morgan fingerprint density at radius 3 is 2.35 bits per heavy atom. The third kappa shape index (κ3) is 5.23. The van der Waals surface area contributed by atoms with Gasteiger partial charge in [-0.2, -0.15) is 0 Å². The first-order valence-corrected chi connectivity index (χ1v) is 10.8. The van der Waals surface area contributed by atoms with E-state index in [1.807, 2.05) is 32.9 Å². The van der Waals surface area contributed by atoms with Crippen molar-refractivity contribution in [3.05, 3.63) is 51.8 Å². The van der Waals surface area contributed by atoms with Crippen LogP contribution in [0.5, 0.6) is 0 Å². The summed E-state index contributed by atoms with van der Waals surface area (Å²) in [6, 6.07) is 6.84. The minimum atomic E-state index is -0.310. The summed E-state index contributed by atoms with van der Waals surface area (Å²) in [6.07, 6.45) is 0. The average Bonchev–Trinajstić information content (AvgIpc) is 3.03. The summed E-state index contributed by atoms with van der Waals surface area (Å²) >= 11 is 6.10. The van der Waals surface area contributed by atoms with Gasteiger partial charge in [-0.15, -0.1) is 0 Å². The lowest BCUT2D eigenvalue weighted by Crippen LogP contribution is -2.53. The zero-order valence-corrected chi connectivity index (χ0v) is 19.2.